The molecule has 3 aromatic carbocycles. The molecule has 30 heavy (non-hydrogen) atoms. The molecule has 0 unspecified atom stereocenters. The highest BCUT2D eigenvalue weighted by Crippen LogP contribution is 2.22. The van der Waals surface area contributed by atoms with Crippen LogP contribution in [0.25, 0.3) is 22.4 Å². The van der Waals surface area contributed by atoms with Gasteiger partial charge in [-0.25, -0.2) is 9.78 Å². The highest BCUT2D eigenvalue weighted by Gasteiger charge is 2.11. The van der Waals surface area contributed by atoms with E-state index in [2.05, 4.69) is 10.3 Å². The predicted molar refractivity (Wildman–Crippen MR) is 116 cm³/mol. The fraction of sp³-hybridized carbons (Fsp3) is 0.125. The van der Waals surface area contributed by atoms with E-state index in [1.807, 2.05) is 13.0 Å². The van der Waals surface area contributed by atoms with Crippen LogP contribution in [0, 0.1) is 0 Å². The Kier molecular flexibility index (Phi) is 5.57. The minimum Gasteiger partial charge on any atom is -0.494 e. The Morgan fingerprint density at radius 1 is 1.03 bits per heavy atom. The van der Waals surface area contributed by atoms with Crippen molar-refractivity contribution in [1.82, 2.24) is 4.98 Å². The molecule has 0 aliphatic rings. The molecule has 0 saturated heterocycles. The first kappa shape index (κ1) is 19.4. The Bertz CT molecular complexity index is 1250. The predicted octanol–water partition coefficient (Wildman–Crippen LogP) is 4.90. The average Bonchev–Trinajstić information content (AvgIpc) is 2.78. The Morgan fingerprint density at radius 2 is 1.83 bits per heavy atom. The first-order chi connectivity index (χ1) is 14.6. The van der Waals surface area contributed by atoms with Crippen LogP contribution in [-0.4, -0.2) is 17.5 Å². The van der Waals surface area contributed by atoms with E-state index in [-0.39, 0.29) is 11.8 Å². The third-order valence-corrected chi connectivity index (χ3v) is 4.49. The van der Waals surface area contributed by atoms with E-state index in [0.717, 1.165) is 12.2 Å². The maximum atomic E-state index is 12.6. The van der Waals surface area contributed by atoms with Crippen molar-refractivity contribution in [3.05, 3.63) is 88.8 Å². The van der Waals surface area contributed by atoms with Crippen LogP contribution in [0.4, 0.5) is 5.69 Å². The molecule has 6 heteroatoms. The largest absolute Gasteiger partial charge is 0.494 e. The van der Waals surface area contributed by atoms with Gasteiger partial charge in [0.05, 0.1) is 17.5 Å². The summed E-state index contributed by atoms with van der Waals surface area (Å²) < 4.78 is 10.9. The first-order valence-electron chi connectivity index (χ1n) is 9.68. The molecule has 1 amide bonds. The lowest BCUT2D eigenvalue weighted by atomic mass is 10.1. The van der Waals surface area contributed by atoms with Gasteiger partial charge in [0.1, 0.15) is 5.75 Å². The Morgan fingerprint density at radius 3 is 2.63 bits per heavy atom. The number of nitrogens with zero attached hydrogens (tertiary/aromatic N) is 1. The molecule has 150 valence electrons. The van der Waals surface area contributed by atoms with Crippen molar-refractivity contribution in [3.63, 3.8) is 0 Å². The lowest BCUT2D eigenvalue weighted by molar-refractivity contribution is 0.102. The van der Waals surface area contributed by atoms with Crippen LogP contribution in [-0.2, 0) is 0 Å². The molecule has 0 saturated carbocycles. The Labute approximate surface area is 173 Å². The van der Waals surface area contributed by atoms with Gasteiger partial charge in [-0.2, -0.15) is 0 Å². The number of para-hydroxylation sites is 1. The van der Waals surface area contributed by atoms with Crippen LogP contribution in [0.15, 0.2) is 82.0 Å². The van der Waals surface area contributed by atoms with E-state index in [9.17, 15) is 9.59 Å². The second-order valence-electron chi connectivity index (χ2n) is 6.73. The van der Waals surface area contributed by atoms with Crippen molar-refractivity contribution in [2.24, 2.45) is 0 Å². The molecule has 4 aromatic rings. The SMILES string of the molecule is CCCOc1ccc(C(=O)Nc2cccc(-c3nc4ccccc4c(=O)o3)c2)cc1. The van der Waals surface area contributed by atoms with Crippen LogP contribution in [0.2, 0.25) is 0 Å². The van der Waals surface area contributed by atoms with Gasteiger partial charge in [-0.1, -0.05) is 25.1 Å². The third kappa shape index (κ3) is 4.22. The van der Waals surface area contributed by atoms with Gasteiger partial charge in [0, 0.05) is 16.8 Å². The second kappa shape index (κ2) is 8.61. The number of hydrogen-bond donors (Lipinski definition) is 1. The van der Waals surface area contributed by atoms with Crippen molar-refractivity contribution < 1.29 is 13.9 Å². The highest BCUT2D eigenvalue weighted by molar-refractivity contribution is 6.04. The molecular weight excluding hydrogens is 380 g/mol. The molecule has 1 heterocycles. The van der Waals surface area contributed by atoms with Gasteiger partial charge in [-0.15, -0.1) is 0 Å². The molecule has 1 N–H and O–H groups in total. The molecule has 0 fully saturated rings. The summed E-state index contributed by atoms with van der Waals surface area (Å²) in [4.78, 5) is 29.2. The van der Waals surface area contributed by atoms with Crippen molar-refractivity contribution in [2.75, 3.05) is 11.9 Å². The number of amides is 1. The van der Waals surface area contributed by atoms with Crippen LogP contribution >= 0.6 is 0 Å². The molecule has 0 bridgehead atoms. The fourth-order valence-corrected chi connectivity index (χ4v) is 3.00. The van der Waals surface area contributed by atoms with Crippen LogP contribution in [0.5, 0.6) is 5.75 Å². The topological polar surface area (TPSA) is 81.4 Å². The van der Waals surface area contributed by atoms with Crippen LogP contribution < -0.4 is 15.7 Å². The summed E-state index contributed by atoms with van der Waals surface area (Å²) in [6.45, 7) is 2.67. The standard InChI is InChI=1S/C24H20N2O4/c1-2-14-29-19-12-10-16(11-13-19)22(27)25-18-7-5-6-17(15-18)23-26-21-9-4-3-8-20(21)24(28)30-23/h3-13,15H,2,14H2,1H3,(H,25,27). The van der Waals surface area contributed by atoms with Crippen LogP contribution in [0.1, 0.15) is 23.7 Å². The van der Waals surface area contributed by atoms with E-state index >= 15 is 0 Å². The number of rotatable bonds is 6. The van der Waals surface area contributed by atoms with Crippen molar-refractivity contribution in [3.8, 4) is 17.2 Å². The van der Waals surface area contributed by atoms with Gasteiger partial charge in [-0.3, -0.25) is 4.79 Å². The van der Waals surface area contributed by atoms with Gasteiger partial charge in [0.25, 0.3) is 5.91 Å². The number of fused-ring (bicyclic) bond motifs is 1. The van der Waals surface area contributed by atoms with E-state index in [1.54, 1.807) is 66.7 Å². The molecule has 1 aromatic heterocycles. The molecule has 0 radical (unpaired) electrons. The number of anilines is 1. The zero-order valence-electron chi connectivity index (χ0n) is 16.4. The van der Waals surface area contributed by atoms with E-state index in [4.69, 9.17) is 9.15 Å². The molecule has 0 spiro atoms. The number of hydrogen-bond acceptors (Lipinski definition) is 5. The number of ether oxygens (including phenoxy) is 1. The van der Waals surface area contributed by atoms with Gasteiger partial charge < -0.3 is 14.5 Å². The number of benzene rings is 3. The lowest BCUT2D eigenvalue weighted by Crippen LogP contribution is -2.12. The minimum atomic E-state index is -0.449. The number of aromatic nitrogens is 1. The minimum absolute atomic E-state index is 0.201. The zero-order valence-corrected chi connectivity index (χ0v) is 16.4. The summed E-state index contributed by atoms with van der Waals surface area (Å²) in [6.07, 6.45) is 0.921. The smallest absolute Gasteiger partial charge is 0.347 e. The number of carbonyl (C=O) groups is 1. The number of carbonyl (C=O) groups excluding carboxylic acids is 1. The quantitative estimate of drug-likeness (QED) is 0.498. The molecular formula is C24H20N2O4. The molecule has 0 atom stereocenters. The summed E-state index contributed by atoms with van der Waals surface area (Å²) in [6, 6.07) is 21.0. The first-order valence-corrected chi connectivity index (χ1v) is 9.68. The van der Waals surface area contributed by atoms with E-state index in [0.29, 0.717) is 34.3 Å². The molecule has 6 nitrogen and oxygen atoms in total. The molecule has 0 aliphatic carbocycles. The van der Waals surface area contributed by atoms with E-state index < -0.39 is 5.63 Å². The van der Waals surface area contributed by atoms with Crippen molar-refractivity contribution in [2.45, 2.75) is 13.3 Å². The Hall–Kier alpha value is -3.93. The second-order valence-corrected chi connectivity index (χ2v) is 6.73. The zero-order chi connectivity index (χ0) is 20.9. The van der Waals surface area contributed by atoms with Gasteiger partial charge >= 0.3 is 5.63 Å². The third-order valence-electron chi connectivity index (χ3n) is 4.49. The maximum Gasteiger partial charge on any atom is 0.347 e. The van der Waals surface area contributed by atoms with Gasteiger partial charge in [0.15, 0.2) is 0 Å². The summed E-state index contributed by atoms with van der Waals surface area (Å²) >= 11 is 0. The van der Waals surface area contributed by atoms with Gasteiger partial charge in [-0.05, 0) is 61.0 Å². The molecule has 4 rings (SSSR count). The maximum absolute atomic E-state index is 12.6. The monoisotopic (exact) mass is 400 g/mol. The number of nitrogens with one attached hydrogen (secondary N) is 1. The van der Waals surface area contributed by atoms with Gasteiger partial charge in [0.2, 0.25) is 5.89 Å². The summed E-state index contributed by atoms with van der Waals surface area (Å²) in [7, 11) is 0. The van der Waals surface area contributed by atoms with Crippen LogP contribution in [0.3, 0.4) is 0 Å². The van der Waals surface area contributed by atoms with E-state index in [1.165, 1.54) is 0 Å². The van der Waals surface area contributed by atoms with Crippen molar-refractivity contribution in [1.29, 1.82) is 0 Å². The highest BCUT2D eigenvalue weighted by atomic mass is 16.5. The lowest BCUT2D eigenvalue weighted by Gasteiger charge is -2.08. The van der Waals surface area contributed by atoms with Crippen molar-refractivity contribution >= 4 is 22.5 Å². The summed E-state index contributed by atoms with van der Waals surface area (Å²) in [5.41, 5.74) is 1.79. The average molecular weight is 400 g/mol. The normalized spacial score (nSPS) is 10.7. The summed E-state index contributed by atoms with van der Waals surface area (Å²) in [5, 5.41) is 3.28. The fourth-order valence-electron chi connectivity index (χ4n) is 3.00. The Balaban J connectivity index is 1.55. The molecule has 0 aliphatic heterocycles. The summed E-state index contributed by atoms with van der Waals surface area (Å²) in [5.74, 6) is 0.683.